The molecular weight excluding hydrogens is 252 g/mol. The summed E-state index contributed by atoms with van der Waals surface area (Å²) >= 11 is 0. The molecule has 0 saturated carbocycles. The van der Waals surface area contributed by atoms with Crippen LogP contribution in [0.1, 0.15) is 0 Å². The van der Waals surface area contributed by atoms with Gasteiger partial charge in [0.05, 0.1) is 0 Å². The van der Waals surface area contributed by atoms with Crippen molar-refractivity contribution < 1.29 is 21.2 Å². The smallest absolute Gasteiger partial charge is 0.417 e. The van der Waals surface area contributed by atoms with E-state index in [1.165, 1.54) is 0 Å². The second kappa shape index (κ2) is 6.29. The molecule has 0 amide bonds. The summed E-state index contributed by atoms with van der Waals surface area (Å²) in [7, 11) is -2.28. The van der Waals surface area contributed by atoms with Crippen LogP contribution in [0, 0.1) is 0 Å². The van der Waals surface area contributed by atoms with Gasteiger partial charge in [-0.15, -0.1) is 0 Å². The molecule has 1 heterocycles. The van der Waals surface area contributed by atoms with Gasteiger partial charge in [0.15, 0.2) is 18.1 Å². The Hall–Kier alpha value is 0.668. The third kappa shape index (κ3) is 4.04. The van der Waals surface area contributed by atoms with Crippen LogP contribution in [0.25, 0.3) is 0 Å². The summed E-state index contributed by atoms with van der Waals surface area (Å²) in [5.41, 5.74) is 1.11. The van der Waals surface area contributed by atoms with Gasteiger partial charge in [-0.2, -0.15) is 0 Å². The summed E-state index contributed by atoms with van der Waals surface area (Å²) in [6.45, 7) is 4.31. The summed E-state index contributed by atoms with van der Waals surface area (Å²) in [5.74, 6) is 0. The molecular formula is C5H16O5Si4. The highest BCUT2D eigenvalue weighted by atomic mass is 28.5. The van der Waals surface area contributed by atoms with Crippen LogP contribution in [0.3, 0.4) is 0 Å². The highest BCUT2D eigenvalue weighted by Crippen LogP contribution is 2.10. The average Bonchev–Trinajstić information content (AvgIpc) is 2.12. The van der Waals surface area contributed by atoms with Crippen LogP contribution in [-0.4, -0.2) is 51.4 Å². The summed E-state index contributed by atoms with van der Waals surface area (Å²) in [5, 5.41) is 0. The van der Waals surface area contributed by atoms with Crippen molar-refractivity contribution in [1.29, 1.82) is 0 Å². The van der Waals surface area contributed by atoms with Gasteiger partial charge in [-0.25, -0.2) is 0 Å². The van der Waals surface area contributed by atoms with Crippen molar-refractivity contribution in [3.05, 3.63) is 0 Å². The van der Waals surface area contributed by atoms with Crippen molar-refractivity contribution in [1.82, 2.24) is 0 Å². The summed E-state index contributed by atoms with van der Waals surface area (Å²) in [6, 6.07) is 0. The third-order valence-electron chi connectivity index (χ3n) is 1.76. The van der Waals surface area contributed by atoms with Gasteiger partial charge < -0.3 is 21.2 Å². The van der Waals surface area contributed by atoms with Crippen molar-refractivity contribution in [2.24, 2.45) is 0 Å². The largest absolute Gasteiger partial charge is 0.558 e. The van der Waals surface area contributed by atoms with E-state index in [0.29, 0.717) is 0 Å². The van der Waals surface area contributed by atoms with Gasteiger partial charge in [0.1, 0.15) is 0 Å². The maximum atomic E-state index is 5.74. The van der Waals surface area contributed by atoms with Crippen molar-refractivity contribution in [2.45, 2.75) is 18.8 Å². The van der Waals surface area contributed by atoms with Crippen LogP contribution in [0.2, 0.25) is 18.8 Å². The molecule has 9 heteroatoms. The van der Waals surface area contributed by atoms with E-state index in [9.17, 15) is 0 Å². The first kappa shape index (κ1) is 12.7. The monoisotopic (exact) mass is 268 g/mol. The lowest BCUT2D eigenvalue weighted by atomic mass is 11.8. The Labute approximate surface area is 91.7 Å². The second-order valence-electron chi connectivity index (χ2n) is 3.10. The molecule has 0 aromatic carbocycles. The fraction of sp³-hybridized carbons (Fsp3) is 1.00. The number of rotatable bonds is 2. The highest BCUT2D eigenvalue weighted by Gasteiger charge is 2.35. The average molecular weight is 269 g/mol. The SMILES string of the molecule is CO[Si]1O[Si](OC)O[SiH](C)C[SiH](C)O1. The Morgan fingerprint density at radius 2 is 1.43 bits per heavy atom. The van der Waals surface area contributed by atoms with Crippen LogP contribution >= 0.6 is 0 Å². The van der Waals surface area contributed by atoms with E-state index >= 15 is 0 Å². The van der Waals surface area contributed by atoms with E-state index in [-0.39, 0.29) is 0 Å². The fourth-order valence-electron chi connectivity index (χ4n) is 1.19. The van der Waals surface area contributed by atoms with E-state index in [4.69, 9.17) is 21.2 Å². The molecule has 1 rings (SSSR count). The molecule has 0 N–H and O–H groups in total. The first-order valence-corrected chi connectivity index (χ1v) is 11.8. The van der Waals surface area contributed by atoms with Gasteiger partial charge in [0.2, 0.25) is 0 Å². The molecule has 82 valence electrons. The van der Waals surface area contributed by atoms with Gasteiger partial charge in [0.25, 0.3) is 0 Å². The molecule has 2 atom stereocenters. The minimum absolute atomic E-state index is 1.11. The van der Waals surface area contributed by atoms with Crippen molar-refractivity contribution in [2.75, 3.05) is 14.2 Å². The van der Waals surface area contributed by atoms with Gasteiger partial charge in [-0.1, -0.05) is 0 Å². The first-order valence-electron chi connectivity index (χ1n) is 4.48. The first-order chi connectivity index (χ1) is 6.65. The molecule has 1 fully saturated rings. The quantitative estimate of drug-likeness (QED) is 0.636. The lowest BCUT2D eigenvalue weighted by Crippen LogP contribution is -2.46. The van der Waals surface area contributed by atoms with Crippen LogP contribution in [-0.2, 0) is 21.2 Å². The lowest BCUT2D eigenvalue weighted by Gasteiger charge is -2.26. The highest BCUT2D eigenvalue weighted by molar-refractivity contribution is 6.77. The summed E-state index contributed by atoms with van der Waals surface area (Å²) in [6.07, 6.45) is 0. The molecule has 2 radical (unpaired) electrons. The molecule has 1 aliphatic rings. The lowest BCUT2D eigenvalue weighted by molar-refractivity contribution is 0.177. The second-order valence-corrected chi connectivity index (χ2v) is 12.7. The van der Waals surface area contributed by atoms with E-state index in [2.05, 4.69) is 13.1 Å². The Morgan fingerprint density at radius 1 is 1.00 bits per heavy atom. The summed E-state index contributed by atoms with van der Waals surface area (Å²) < 4.78 is 27.3. The van der Waals surface area contributed by atoms with E-state index < -0.39 is 37.1 Å². The molecule has 0 aliphatic carbocycles. The van der Waals surface area contributed by atoms with Crippen LogP contribution in [0.15, 0.2) is 0 Å². The van der Waals surface area contributed by atoms with Gasteiger partial charge in [-0.3, -0.25) is 0 Å². The predicted octanol–water partition coefficient (Wildman–Crippen LogP) is -0.441. The third-order valence-corrected chi connectivity index (χ3v) is 13.8. The number of hydrogen-bond donors (Lipinski definition) is 0. The van der Waals surface area contributed by atoms with Crippen molar-refractivity contribution in [3.8, 4) is 0 Å². The van der Waals surface area contributed by atoms with Gasteiger partial charge >= 0.3 is 19.1 Å². The fourth-order valence-corrected chi connectivity index (χ4v) is 13.3. The Kier molecular flexibility index (Phi) is 5.73. The maximum Gasteiger partial charge on any atom is 0.558 e. The Bertz CT molecular complexity index is 156. The minimum atomic E-state index is -1.60. The molecule has 0 aromatic rings. The van der Waals surface area contributed by atoms with Crippen LogP contribution in [0.5, 0.6) is 0 Å². The molecule has 0 bridgehead atoms. The predicted molar refractivity (Wildman–Crippen MR) is 59.6 cm³/mol. The minimum Gasteiger partial charge on any atom is -0.417 e. The standard InChI is InChI=1S/C5H16O5Si4/c1-6-13-8-11(3)5-12(4)9-14(7-2)10-13/h11-12H,5H2,1-4H3. The molecule has 1 saturated heterocycles. The van der Waals surface area contributed by atoms with Crippen LogP contribution < -0.4 is 0 Å². The normalized spacial score (nSPS) is 32.6. The molecule has 14 heavy (non-hydrogen) atoms. The zero-order valence-corrected chi connectivity index (χ0v) is 13.2. The molecule has 0 aromatic heterocycles. The van der Waals surface area contributed by atoms with Crippen molar-refractivity contribution in [3.63, 3.8) is 0 Å². The van der Waals surface area contributed by atoms with Gasteiger partial charge in [-0.05, 0) is 18.8 Å². The molecule has 5 nitrogen and oxygen atoms in total. The molecule has 2 unspecified atom stereocenters. The van der Waals surface area contributed by atoms with E-state index in [0.717, 1.165) is 5.67 Å². The summed E-state index contributed by atoms with van der Waals surface area (Å²) in [4.78, 5) is 0. The van der Waals surface area contributed by atoms with Gasteiger partial charge in [0, 0.05) is 14.2 Å². The topological polar surface area (TPSA) is 46.2 Å². The van der Waals surface area contributed by atoms with Crippen molar-refractivity contribution >= 4 is 37.1 Å². The Morgan fingerprint density at radius 3 is 1.79 bits per heavy atom. The zero-order valence-electron chi connectivity index (χ0n) is 8.90. The number of hydrogen-bond acceptors (Lipinski definition) is 5. The van der Waals surface area contributed by atoms with E-state index in [1.54, 1.807) is 14.2 Å². The Balaban J connectivity index is 2.52. The molecule has 0 spiro atoms. The van der Waals surface area contributed by atoms with E-state index in [1.807, 2.05) is 0 Å². The maximum absolute atomic E-state index is 5.74. The molecule has 1 aliphatic heterocycles. The van der Waals surface area contributed by atoms with Crippen LogP contribution in [0.4, 0.5) is 0 Å². The zero-order chi connectivity index (χ0) is 10.6.